The van der Waals surface area contributed by atoms with Crippen LogP contribution in [0.25, 0.3) is 22.1 Å². The lowest BCUT2D eigenvalue weighted by atomic mass is 9.91. The molecule has 0 atom stereocenters. The summed E-state index contributed by atoms with van der Waals surface area (Å²) in [7, 11) is 0. The number of aryl methyl sites for hydroxylation is 1. The first-order valence-corrected chi connectivity index (χ1v) is 10.9. The molecule has 1 fully saturated rings. The molecular weight excluding hydrogens is 413 g/mol. The molecule has 1 saturated heterocycles. The zero-order chi connectivity index (χ0) is 22.2. The average molecular weight is 437 g/mol. The first-order chi connectivity index (χ1) is 15.5. The lowest BCUT2D eigenvalue weighted by molar-refractivity contribution is 0.101. The Kier molecular flexibility index (Phi) is 5.38. The SMILES string of the molecule is CC(=O)c1ccc2c(c1)oc(=O)n2CCCN1CCC(c2noc3cc(F)ccc23)CC1. The average Bonchev–Trinajstić information content (AvgIpc) is 3.34. The normalized spacial score (nSPS) is 15.7. The number of hydrogen-bond acceptors (Lipinski definition) is 6. The van der Waals surface area contributed by atoms with E-state index in [1.807, 2.05) is 0 Å². The molecule has 0 spiro atoms. The number of rotatable bonds is 6. The number of fused-ring (bicyclic) bond motifs is 2. The molecule has 0 saturated carbocycles. The van der Waals surface area contributed by atoms with Crippen LogP contribution in [0.2, 0.25) is 0 Å². The highest BCUT2D eigenvalue weighted by atomic mass is 19.1. The van der Waals surface area contributed by atoms with Gasteiger partial charge in [0.2, 0.25) is 0 Å². The molecule has 0 N–H and O–H groups in total. The zero-order valence-corrected chi connectivity index (χ0v) is 17.8. The number of halogens is 1. The van der Waals surface area contributed by atoms with Gasteiger partial charge in [0, 0.05) is 29.5 Å². The summed E-state index contributed by atoms with van der Waals surface area (Å²) in [6.45, 7) is 4.80. The molecule has 8 heteroatoms. The third kappa shape index (κ3) is 3.86. The molecule has 0 aliphatic carbocycles. The van der Waals surface area contributed by atoms with Crippen molar-refractivity contribution in [2.75, 3.05) is 19.6 Å². The van der Waals surface area contributed by atoms with Crippen molar-refractivity contribution in [3.63, 3.8) is 0 Å². The molecule has 3 heterocycles. The van der Waals surface area contributed by atoms with E-state index < -0.39 is 5.76 Å². The summed E-state index contributed by atoms with van der Waals surface area (Å²) in [5.41, 5.74) is 3.11. The second-order valence-electron chi connectivity index (χ2n) is 8.44. The summed E-state index contributed by atoms with van der Waals surface area (Å²) >= 11 is 0. The summed E-state index contributed by atoms with van der Waals surface area (Å²) in [5, 5.41) is 5.10. The Morgan fingerprint density at radius 1 is 1.12 bits per heavy atom. The first-order valence-electron chi connectivity index (χ1n) is 10.9. The predicted octanol–water partition coefficient (Wildman–Crippen LogP) is 4.35. The Balaban J connectivity index is 1.18. The largest absolute Gasteiger partial charge is 0.419 e. The van der Waals surface area contributed by atoms with Gasteiger partial charge in [-0.15, -0.1) is 0 Å². The zero-order valence-electron chi connectivity index (χ0n) is 17.8. The van der Waals surface area contributed by atoms with E-state index in [1.54, 1.807) is 28.8 Å². The van der Waals surface area contributed by atoms with E-state index in [2.05, 4.69) is 10.1 Å². The number of aromatic nitrogens is 2. The summed E-state index contributed by atoms with van der Waals surface area (Å²) in [6.07, 6.45) is 2.74. The van der Waals surface area contributed by atoms with Crippen molar-refractivity contribution in [3.8, 4) is 0 Å². The van der Waals surface area contributed by atoms with E-state index in [0.29, 0.717) is 34.7 Å². The molecule has 0 unspecified atom stereocenters. The molecule has 5 rings (SSSR count). The molecular formula is C24H24FN3O4. The molecule has 1 aliphatic rings. The molecule has 4 aromatic rings. The number of piperidine rings is 1. The van der Waals surface area contributed by atoms with E-state index in [0.717, 1.165) is 50.0 Å². The van der Waals surface area contributed by atoms with Gasteiger partial charge >= 0.3 is 5.76 Å². The Bertz CT molecular complexity index is 1340. The molecule has 0 bridgehead atoms. The monoisotopic (exact) mass is 437 g/mol. The van der Waals surface area contributed by atoms with Crippen molar-refractivity contribution in [1.29, 1.82) is 0 Å². The number of likely N-dealkylation sites (tertiary alicyclic amines) is 1. The fourth-order valence-corrected chi connectivity index (χ4v) is 4.60. The van der Waals surface area contributed by atoms with Gasteiger partial charge < -0.3 is 13.8 Å². The Labute approximate surface area is 183 Å². The van der Waals surface area contributed by atoms with Gasteiger partial charge in [-0.1, -0.05) is 5.16 Å². The number of nitrogens with zero attached hydrogens (tertiary/aromatic N) is 3. The van der Waals surface area contributed by atoms with Crippen LogP contribution in [0.5, 0.6) is 0 Å². The third-order valence-electron chi connectivity index (χ3n) is 6.37. The van der Waals surface area contributed by atoms with Gasteiger partial charge in [0.15, 0.2) is 16.9 Å². The lowest BCUT2D eigenvalue weighted by Crippen LogP contribution is -2.34. The summed E-state index contributed by atoms with van der Waals surface area (Å²) in [4.78, 5) is 26.2. The molecule has 1 aliphatic heterocycles. The second-order valence-corrected chi connectivity index (χ2v) is 8.44. The number of hydrogen-bond donors (Lipinski definition) is 0. The highest BCUT2D eigenvalue weighted by Crippen LogP contribution is 2.32. The van der Waals surface area contributed by atoms with E-state index in [1.165, 1.54) is 19.1 Å². The van der Waals surface area contributed by atoms with Crippen LogP contribution in [0, 0.1) is 5.82 Å². The Morgan fingerprint density at radius 3 is 2.72 bits per heavy atom. The van der Waals surface area contributed by atoms with Crippen LogP contribution >= 0.6 is 0 Å². The van der Waals surface area contributed by atoms with Crippen LogP contribution in [0.3, 0.4) is 0 Å². The molecule has 2 aromatic heterocycles. The molecule has 32 heavy (non-hydrogen) atoms. The summed E-state index contributed by atoms with van der Waals surface area (Å²) in [5.74, 6) is -0.474. The predicted molar refractivity (Wildman–Crippen MR) is 117 cm³/mol. The number of carbonyl (C=O) groups is 1. The Hall–Kier alpha value is -3.26. The maximum Gasteiger partial charge on any atom is 0.419 e. The van der Waals surface area contributed by atoms with Crippen LogP contribution in [0.1, 0.15) is 48.2 Å². The highest BCUT2D eigenvalue weighted by Gasteiger charge is 2.25. The molecule has 166 valence electrons. The van der Waals surface area contributed by atoms with E-state index in [4.69, 9.17) is 8.94 Å². The Morgan fingerprint density at radius 2 is 1.94 bits per heavy atom. The minimum Gasteiger partial charge on any atom is -0.408 e. The van der Waals surface area contributed by atoms with Crippen LogP contribution in [0.4, 0.5) is 4.39 Å². The van der Waals surface area contributed by atoms with Crippen molar-refractivity contribution in [3.05, 3.63) is 64.0 Å². The first kappa shape index (κ1) is 20.6. The molecule has 7 nitrogen and oxygen atoms in total. The molecule has 2 aromatic carbocycles. The van der Waals surface area contributed by atoms with Crippen LogP contribution in [0.15, 0.2) is 50.1 Å². The van der Waals surface area contributed by atoms with Gasteiger partial charge in [-0.25, -0.2) is 9.18 Å². The third-order valence-corrected chi connectivity index (χ3v) is 6.37. The quantitative estimate of drug-likeness (QED) is 0.417. The summed E-state index contributed by atoms with van der Waals surface area (Å²) < 4.78 is 25.7. The van der Waals surface area contributed by atoms with Crippen molar-refractivity contribution < 1.29 is 18.1 Å². The van der Waals surface area contributed by atoms with Crippen LogP contribution < -0.4 is 5.76 Å². The number of ketones is 1. The van der Waals surface area contributed by atoms with Gasteiger partial charge in [-0.3, -0.25) is 9.36 Å². The number of carbonyl (C=O) groups excluding carboxylic acids is 1. The second kappa shape index (κ2) is 8.35. The van der Waals surface area contributed by atoms with Crippen LogP contribution in [-0.2, 0) is 6.54 Å². The van der Waals surface area contributed by atoms with Crippen molar-refractivity contribution in [2.45, 2.75) is 38.6 Å². The van der Waals surface area contributed by atoms with Gasteiger partial charge in [0.1, 0.15) is 5.82 Å². The maximum absolute atomic E-state index is 13.4. The fraction of sp³-hybridized carbons (Fsp3) is 0.375. The van der Waals surface area contributed by atoms with Crippen molar-refractivity contribution in [2.24, 2.45) is 0 Å². The lowest BCUT2D eigenvalue weighted by Gasteiger charge is -2.31. The number of benzene rings is 2. The maximum atomic E-state index is 13.4. The van der Waals surface area contributed by atoms with E-state index >= 15 is 0 Å². The smallest absolute Gasteiger partial charge is 0.408 e. The van der Waals surface area contributed by atoms with Gasteiger partial charge in [-0.05, 0) is 76.2 Å². The van der Waals surface area contributed by atoms with Crippen LogP contribution in [-0.4, -0.2) is 40.0 Å². The van der Waals surface area contributed by atoms with E-state index in [-0.39, 0.29) is 11.6 Å². The van der Waals surface area contributed by atoms with E-state index in [9.17, 15) is 14.0 Å². The minimum absolute atomic E-state index is 0.0588. The van der Waals surface area contributed by atoms with Crippen molar-refractivity contribution in [1.82, 2.24) is 14.6 Å². The topological polar surface area (TPSA) is 81.5 Å². The molecule has 0 amide bonds. The van der Waals surface area contributed by atoms with Gasteiger partial charge in [0.05, 0.1) is 11.2 Å². The highest BCUT2D eigenvalue weighted by molar-refractivity contribution is 5.96. The van der Waals surface area contributed by atoms with Gasteiger partial charge in [0.25, 0.3) is 0 Å². The van der Waals surface area contributed by atoms with Gasteiger partial charge in [-0.2, -0.15) is 0 Å². The number of oxazole rings is 1. The molecule has 0 radical (unpaired) electrons. The minimum atomic E-state index is -0.395. The van der Waals surface area contributed by atoms with Crippen molar-refractivity contribution >= 4 is 27.9 Å². The number of Topliss-reactive ketones (excluding diaryl/α,β-unsaturated/α-hetero) is 1. The standard InChI is InChI=1S/C24H24FN3O4/c1-15(29)17-3-6-20-22(13-17)31-24(30)28(20)10-2-9-27-11-7-16(8-12-27)23-19-5-4-18(25)14-21(19)32-26-23/h3-6,13-14,16H,2,7-12H2,1H3. The summed E-state index contributed by atoms with van der Waals surface area (Å²) in [6, 6.07) is 9.70. The fourth-order valence-electron chi connectivity index (χ4n) is 4.60.